The quantitative estimate of drug-likeness (QED) is 0.715. The molecule has 1 atom stereocenters. The Morgan fingerprint density at radius 3 is 2.48 bits per heavy atom. The third-order valence-corrected chi connectivity index (χ3v) is 6.86. The molecule has 148 valence electrons. The number of hydrogen-bond acceptors (Lipinski definition) is 6. The van der Waals surface area contributed by atoms with Gasteiger partial charge in [0.15, 0.2) is 5.54 Å². The van der Waals surface area contributed by atoms with Crippen molar-refractivity contribution < 1.29 is 32.6 Å². The van der Waals surface area contributed by atoms with Crippen molar-refractivity contribution in [3.63, 3.8) is 0 Å². The monoisotopic (exact) mass is 398 g/mol. The van der Waals surface area contributed by atoms with Crippen LogP contribution in [0.2, 0.25) is 0 Å². The van der Waals surface area contributed by atoms with E-state index in [1.165, 1.54) is 16.4 Å². The van der Waals surface area contributed by atoms with Gasteiger partial charge in [0.25, 0.3) is 5.91 Å². The fraction of sp³-hybridized carbons (Fsp3) is 0.529. The molecule has 1 aromatic rings. The lowest BCUT2D eigenvalue weighted by atomic mass is 9.98. The molecule has 1 aromatic carbocycles. The summed E-state index contributed by atoms with van der Waals surface area (Å²) in [5.41, 5.74) is -0.902. The minimum atomic E-state index is -3.78. The number of aliphatic carboxylic acids is 1. The van der Waals surface area contributed by atoms with Gasteiger partial charge in [0.05, 0.1) is 24.7 Å². The fourth-order valence-electron chi connectivity index (χ4n) is 3.12. The number of carbonyl (C=O) groups excluding carboxylic acids is 1. The maximum Gasteiger partial charge on any atom is 0.331 e. The van der Waals surface area contributed by atoms with E-state index >= 15 is 0 Å². The van der Waals surface area contributed by atoms with Crippen LogP contribution in [-0.4, -0.2) is 74.8 Å². The largest absolute Gasteiger partial charge is 0.479 e. The van der Waals surface area contributed by atoms with Crippen LogP contribution in [0.15, 0.2) is 23.1 Å². The number of carboxylic acid groups (broad SMARTS) is 1. The number of rotatable bonds is 5. The van der Waals surface area contributed by atoms with Gasteiger partial charge in [-0.05, 0) is 24.6 Å². The molecule has 2 heterocycles. The van der Waals surface area contributed by atoms with Gasteiger partial charge in [0.2, 0.25) is 10.0 Å². The molecular weight excluding hydrogens is 376 g/mol. The van der Waals surface area contributed by atoms with E-state index in [1.54, 1.807) is 13.0 Å². The van der Waals surface area contributed by atoms with Crippen molar-refractivity contribution in [2.75, 3.05) is 39.5 Å². The molecule has 0 aliphatic carbocycles. The van der Waals surface area contributed by atoms with Crippen molar-refractivity contribution in [3.8, 4) is 0 Å². The van der Waals surface area contributed by atoms with Crippen LogP contribution in [0.1, 0.15) is 22.3 Å². The van der Waals surface area contributed by atoms with Gasteiger partial charge in [0, 0.05) is 31.7 Å². The van der Waals surface area contributed by atoms with Gasteiger partial charge in [-0.3, -0.25) is 4.79 Å². The molecule has 2 fully saturated rings. The summed E-state index contributed by atoms with van der Waals surface area (Å²) in [5.74, 6) is -1.83. The minimum absolute atomic E-state index is 0.0316. The first kappa shape index (κ1) is 19.7. The summed E-state index contributed by atoms with van der Waals surface area (Å²) in [6.07, 6.45) is 0.152. The molecule has 3 rings (SSSR count). The van der Waals surface area contributed by atoms with Gasteiger partial charge < -0.3 is 19.9 Å². The van der Waals surface area contributed by atoms with E-state index in [2.05, 4.69) is 5.32 Å². The van der Waals surface area contributed by atoms with E-state index in [-0.39, 0.29) is 43.2 Å². The number of aryl methyl sites for hydroxylation is 1. The molecule has 27 heavy (non-hydrogen) atoms. The van der Waals surface area contributed by atoms with Crippen LogP contribution >= 0.6 is 0 Å². The first-order chi connectivity index (χ1) is 12.8. The number of amides is 1. The smallest absolute Gasteiger partial charge is 0.331 e. The van der Waals surface area contributed by atoms with E-state index in [0.717, 1.165) is 0 Å². The maximum atomic E-state index is 12.9. The third-order valence-electron chi connectivity index (χ3n) is 4.82. The Kier molecular flexibility index (Phi) is 5.52. The van der Waals surface area contributed by atoms with Crippen molar-refractivity contribution in [2.24, 2.45) is 0 Å². The molecule has 10 heteroatoms. The molecule has 2 aliphatic heterocycles. The zero-order chi connectivity index (χ0) is 19.7. The summed E-state index contributed by atoms with van der Waals surface area (Å²) >= 11 is 0. The summed E-state index contributed by atoms with van der Waals surface area (Å²) in [5, 5.41) is 11.9. The number of ether oxygens (including phenoxy) is 2. The van der Waals surface area contributed by atoms with Gasteiger partial charge in [-0.2, -0.15) is 4.31 Å². The van der Waals surface area contributed by atoms with Crippen LogP contribution in [0.3, 0.4) is 0 Å². The van der Waals surface area contributed by atoms with Gasteiger partial charge >= 0.3 is 5.97 Å². The molecule has 2 aliphatic rings. The molecule has 0 bridgehead atoms. The Bertz CT molecular complexity index is 841. The number of carboxylic acids is 1. The van der Waals surface area contributed by atoms with Crippen molar-refractivity contribution in [1.29, 1.82) is 0 Å². The first-order valence-corrected chi connectivity index (χ1v) is 10.0. The Labute approximate surface area is 157 Å². The average molecular weight is 398 g/mol. The highest BCUT2D eigenvalue weighted by molar-refractivity contribution is 7.89. The molecule has 0 spiro atoms. The molecule has 0 radical (unpaired) electrons. The summed E-state index contributed by atoms with van der Waals surface area (Å²) in [4.78, 5) is 24.2. The zero-order valence-electron chi connectivity index (χ0n) is 14.9. The Balaban J connectivity index is 1.88. The molecule has 0 aromatic heterocycles. The zero-order valence-corrected chi connectivity index (χ0v) is 15.8. The molecule has 9 nitrogen and oxygen atoms in total. The standard InChI is InChI=1S/C17H22N2O7S/c1-12-2-3-13(15(20)18-17(16(21)22)4-7-26-11-17)10-14(12)27(23,24)19-5-8-25-9-6-19/h2-3,10H,4-9,11H2,1H3,(H,18,20)(H,21,22). The van der Waals surface area contributed by atoms with E-state index in [0.29, 0.717) is 18.8 Å². The second-order valence-electron chi connectivity index (χ2n) is 6.64. The van der Waals surface area contributed by atoms with Crippen LogP contribution in [0.5, 0.6) is 0 Å². The van der Waals surface area contributed by atoms with E-state index in [4.69, 9.17) is 9.47 Å². The molecular formula is C17H22N2O7S. The highest BCUT2D eigenvalue weighted by Crippen LogP contribution is 2.24. The highest BCUT2D eigenvalue weighted by Gasteiger charge is 2.44. The maximum absolute atomic E-state index is 12.9. The second kappa shape index (κ2) is 7.55. The van der Waals surface area contributed by atoms with Crippen LogP contribution in [-0.2, 0) is 24.3 Å². The van der Waals surface area contributed by atoms with Crippen LogP contribution in [0, 0.1) is 6.92 Å². The number of hydrogen-bond donors (Lipinski definition) is 2. The third kappa shape index (κ3) is 3.84. The molecule has 1 unspecified atom stereocenters. The highest BCUT2D eigenvalue weighted by atomic mass is 32.2. The van der Waals surface area contributed by atoms with Gasteiger partial charge in [-0.1, -0.05) is 6.07 Å². The predicted molar refractivity (Wildman–Crippen MR) is 94.0 cm³/mol. The Morgan fingerprint density at radius 2 is 1.89 bits per heavy atom. The minimum Gasteiger partial charge on any atom is -0.479 e. The average Bonchev–Trinajstić information content (AvgIpc) is 3.12. The normalized spacial score (nSPS) is 23.9. The Morgan fingerprint density at radius 1 is 1.19 bits per heavy atom. The van der Waals surface area contributed by atoms with Crippen LogP contribution < -0.4 is 5.32 Å². The van der Waals surface area contributed by atoms with E-state index in [9.17, 15) is 23.1 Å². The van der Waals surface area contributed by atoms with E-state index in [1.807, 2.05) is 0 Å². The Hall–Kier alpha value is -2.01. The topological polar surface area (TPSA) is 122 Å². The number of sulfonamides is 1. The summed E-state index contributed by atoms with van der Waals surface area (Å²) in [7, 11) is -3.78. The number of nitrogens with one attached hydrogen (secondary N) is 1. The van der Waals surface area contributed by atoms with Crippen molar-refractivity contribution in [1.82, 2.24) is 9.62 Å². The second-order valence-corrected chi connectivity index (χ2v) is 8.55. The fourth-order valence-corrected chi connectivity index (χ4v) is 4.78. The summed E-state index contributed by atoms with van der Waals surface area (Å²) in [6, 6.07) is 4.32. The SMILES string of the molecule is Cc1ccc(C(=O)NC2(C(=O)O)CCOC2)cc1S(=O)(=O)N1CCOCC1. The van der Waals surface area contributed by atoms with Crippen LogP contribution in [0.4, 0.5) is 0 Å². The molecule has 2 saturated heterocycles. The first-order valence-electron chi connectivity index (χ1n) is 8.58. The van der Waals surface area contributed by atoms with Gasteiger partial charge in [0.1, 0.15) is 0 Å². The predicted octanol–water partition coefficient (Wildman–Crippen LogP) is -0.0106. The number of morpholine rings is 1. The summed E-state index contributed by atoms with van der Waals surface area (Å²) < 4.78 is 37.5. The number of carbonyl (C=O) groups is 2. The number of benzene rings is 1. The lowest BCUT2D eigenvalue weighted by Crippen LogP contribution is -2.55. The molecule has 1 amide bonds. The van der Waals surface area contributed by atoms with Crippen molar-refractivity contribution in [2.45, 2.75) is 23.8 Å². The lowest BCUT2D eigenvalue weighted by molar-refractivity contribution is -0.144. The van der Waals surface area contributed by atoms with Crippen molar-refractivity contribution in [3.05, 3.63) is 29.3 Å². The number of nitrogens with zero attached hydrogens (tertiary/aromatic N) is 1. The van der Waals surface area contributed by atoms with E-state index < -0.39 is 27.4 Å². The molecule has 0 saturated carbocycles. The lowest BCUT2D eigenvalue weighted by Gasteiger charge is -2.27. The van der Waals surface area contributed by atoms with Gasteiger partial charge in [-0.25, -0.2) is 13.2 Å². The van der Waals surface area contributed by atoms with Crippen LogP contribution in [0.25, 0.3) is 0 Å². The van der Waals surface area contributed by atoms with Crippen molar-refractivity contribution >= 4 is 21.9 Å². The summed E-state index contributed by atoms with van der Waals surface area (Å²) in [6.45, 7) is 2.89. The molecule has 2 N–H and O–H groups in total. The van der Waals surface area contributed by atoms with Gasteiger partial charge in [-0.15, -0.1) is 0 Å².